The van der Waals surface area contributed by atoms with Gasteiger partial charge in [0.25, 0.3) is 0 Å². The highest BCUT2D eigenvalue weighted by molar-refractivity contribution is 7.56. The number of hydrogen-bond donors (Lipinski definition) is 1. The first-order valence-electron chi connectivity index (χ1n) is 7.89. The lowest BCUT2D eigenvalue weighted by Gasteiger charge is -2.15. The van der Waals surface area contributed by atoms with Crippen molar-refractivity contribution >= 4 is 25.4 Å². The third-order valence-corrected chi connectivity index (χ3v) is 5.18. The molecule has 0 saturated carbocycles. The van der Waals surface area contributed by atoms with E-state index < -0.39 is 0 Å². The van der Waals surface area contributed by atoms with Gasteiger partial charge < -0.3 is 5.11 Å². The Morgan fingerprint density at radius 2 is 1.74 bits per heavy atom. The predicted octanol–water partition coefficient (Wildman–Crippen LogP) is 4.16. The van der Waals surface area contributed by atoms with Crippen molar-refractivity contribution < 1.29 is 5.11 Å². The molecule has 3 heteroatoms. The Hall–Kier alpha value is -1.66. The Kier molecular flexibility index (Phi) is 5.26. The van der Waals surface area contributed by atoms with Crippen molar-refractivity contribution in [2.24, 2.45) is 4.99 Å². The molecule has 2 rings (SSSR count). The van der Waals surface area contributed by atoms with Crippen molar-refractivity contribution in [2.45, 2.75) is 47.1 Å². The maximum absolute atomic E-state index is 10.4. The van der Waals surface area contributed by atoms with Gasteiger partial charge in [-0.3, -0.25) is 4.99 Å². The second-order valence-corrected chi connectivity index (χ2v) is 8.36. The van der Waals surface area contributed by atoms with Gasteiger partial charge in [0.2, 0.25) is 0 Å². The van der Waals surface area contributed by atoms with Crippen LogP contribution in [-0.2, 0) is 0 Å². The lowest BCUT2D eigenvalue weighted by Crippen LogP contribution is -2.15. The summed E-state index contributed by atoms with van der Waals surface area (Å²) >= 11 is 0. The molecule has 2 aromatic carbocycles. The number of nitrogens with zero attached hydrogens (tertiary/aromatic N) is 1. The van der Waals surface area contributed by atoms with Crippen LogP contribution < -0.4 is 10.6 Å². The van der Waals surface area contributed by atoms with Gasteiger partial charge in [-0.2, -0.15) is 0 Å². The van der Waals surface area contributed by atoms with Crippen LogP contribution in [0, 0.1) is 20.8 Å². The maximum Gasteiger partial charge on any atom is 0.126 e. The Morgan fingerprint density at radius 1 is 1.04 bits per heavy atom. The Balaban J connectivity index is 2.46. The van der Waals surface area contributed by atoms with Crippen LogP contribution in [0.5, 0.6) is 5.75 Å². The monoisotopic (exact) mass is 327 g/mol. The van der Waals surface area contributed by atoms with Crippen molar-refractivity contribution in [3.05, 3.63) is 52.6 Å². The predicted molar refractivity (Wildman–Crippen MR) is 104 cm³/mol. The van der Waals surface area contributed by atoms with E-state index in [4.69, 9.17) is 0 Å². The summed E-state index contributed by atoms with van der Waals surface area (Å²) in [5.41, 5.74) is 4.40. The van der Waals surface area contributed by atoms with E-state index in [1.54, 1.807) is 0 Å². The SMILES string of the molecule is Cc1cc(C)c(O)c(Pc2c(C)cccc2C=NC(C)(C)C)c1. The standard InChI is InChI=1S/C20H26NOP/c1-13-10-15(3)18(22)17(11-13)23-19-14(2)8-7-9-16(19)12-21-20(4,5)6/h7-12,22-23H,1-6H3. The van der Waals surface area contributed by atoms with Gasteiger partial charge in [0.1, 0.15) is 5.75 Å². The van der Waals surface area contributed by atoms with E-state index in [1.165, 1.54) is 16.4 Å². The molecular weight excluding hydrogens is 301 g/mol. The maximum atomic E-state index is 10.4. The molecule has 23 heavy (non-hydrogen) atoms. The summed E-state index contributed by atoms with van der Waals surface area (Å²) in [6, 6.07) is 10.4. The van der Waals surface area contributed by atoms with Crippen LogP contribution in [0.2, 0.25) is 0 Å². The zero-order valence-electron chi connectivity index (χ0n) is 14.9. The molecule has 0 amide bonds. The fourth-order valence-corrected chi connectivity index (χ4v) is 3.88. The smallest absolute Gasteiger partial charge is 0.126 e. The number of rotatable bonds is 3. The minimum atomic E-state index is -0.0911. The fraction of sp³-hybridized carbons (Fsp3) is 0.350. The summed E-state index contributed by atoms with van der Waals surface area (Å²) in [6.07, 6.45) is 1.97. The van der Waals surface area contributed by atoms with E-state index in [0.717, 1.165) is 16.4 Å². The van der Waals surface area contributed by atoms with Crippen LogP contribution in [0.1, 0.15) is 43.0 Å². The van der Waals surface area contributed by atoms with Crippen molar-refractivity contribution in [3.63, 3.8) is 0 Å². The quantitative estimate of drug-likeness (QED) is 0.666. The van der Waals surface area contributed by atoms with Gasteiger partial charge in [-0.05, 0) is 69.6 Å². The van der Waals surface area contributed by atoms with Crippen molar-refractivity contribution in [2.75, 3.05) is 0 Å². The van der Waals surface area contributed by atoms with Gasteiger partial charge in [0.15, 0.2) is 0 Å². The summed E-state index contributed by atoms with van der Waals surface area (Å²) in [5, 5.41) is 12.7. The normalized spacial score (nSPS) is 12.6. The van der Waals surface area contributed by atoms with Crippen LogP contribution >= 0.6 is 8.58 Å². The molecule has 0 radical (unpaired) electrons. The third-order valence-electron chi connectivity index (χ3n) is 3.60. The van der Waals surface area contributed by atoms with Crippen LogP contribution in [-0.4, -0.2) is 16.9 Å². The molecule has 0 aliphatic heterocycles. The van der Waals surface area contributed by atoms with Crippen LogP contribution in [0.4, 0.5) is 0 Å². The summed E-state index contributed by atoms with van der Waals surface area (Å²) in [6.45, 7) is 12.4. The fourth-order valence-electron chi connectivity index (χ4n) is 2.42. The van der Waals surface area contributed by atoms with E-state index >= 15 is 0 Å². The molecule has 0 heterocycles. The summed E-state index contributed by atoms with van der Waals surface area (Å²) in [7, 11) is 0.418. The average molecular weight is 327 g/mol. The van der Waals surface area contributed by atoms with E-state index in [0.29, 0.717) is 14.3 Å². The molecule has 1 atom stereocenters. The van der Waals surface area contributed by atoms with Crippen LogP contribution in [0.15, 0.2) is 35.3 Å². The molecule has 0 saturated heterocycles. The topological polar surface area (TPSA) is 32.6 Å². The van der Waals surface area contributed by atoms with Crippen LogP contribution in [0.3, 0.4) is 0 Å². The zero-order valence-corrected chi connectivity index (χ0v) is 15.9. The van der Waals surface area contributed by atoms with E-state index in [2.05, 4.69) is 63.9 Å². The summed E-state index contributed by atoms with van der Waals surface area (Å²) in [5.74, 6) is 0.413. The van der Waals surface area contributed by atoms with E-state index in [-0.39, 0.29) is 5.54 Å². The number of hydrogen-bond acceptors (Lipinski definition) is 2. The molecule has 2 aromatic rings. The Bertz CT molecular complexity index is 742. The van der Waals surface area contributed by atoms with Crippen molar-refractivity contribution in [1.29, 1.82) is 0 Å². The minimum absolute atomic E-state index is 0.0911. The first-order chi connectivity index (χ1) is 10.7. The molecule has 0 aromatic heterocycles. The van der Waals surface area contributed by atoms with Gasteiger partial charge in [-0.15, -0.1) is 0 Å². The second kappa shape index (κ2) is 6.84. The number of aryl methyl sites for hydroxylation is 3. The largest absolute Gasteiger partial charge is 0.507 e. The molecule has 0 spiro atoms. The number of benzene rings is 2. The third kappa shape index (κ3) is 4.65. The molecule has 1 unspecified atom stereocenters. The van der Waals surface area contributed by atoms with Gasteiger partial charge in [-0.25, -0.2) is 0 Å². The molecule has 0 bridgehead atoms. The first-order valence-corrected chi connectivity index (χ1v) is 8.89. The first kappa shape index (κ1) is 17.7. The molecule has 0 fully saturated rings. The van der Waals surface area contributed by atoms with Gasteiger partial charge in [-0.1, -0.05) is 32.8 Å². The highest BCUT2D eigenvalue weighted by Crippen LogP contribution is 2.25. The number of phenols is 1. The molecular formula is C20H26NOP. The lowest BCUT2D eigenvalue weighted by molar-refractivity contribution is 0.475. The number of aromatic hydroxyl groups is 1. The Morgan fingerprint density at radius 3 is 2.39 bits per heavy atom. The minimum Gasteiger partial charge on any atom is -0.507 e. The Labute approximate surface area is 141 Å². The zero-order chi connectivity index (χ0) is 17.2. The highest BCUT2D eigenvalue weighted by Gasteiger charge is 2.12. The summed E-state index contributed by atoms with van der Waals surface area (Å²) in [4.78, 5) is 4.64. The van der Waals surface area contributed by atoms with E-state index in [9.17, 15) is 5.11 Å². The molecule has 122 valence electrons. The average Bonchev–Trinajstić information content (AvgIpc) is 2.43. The van der Waals surface area contributed by atoms with Gasteiger partial charge in [0, 0.05) is 17.1 Å². The second-order valence-electron chi connectivity index (χ2n) is 7.07. The van der Waals surface area contributed by atoms with Crippen molar-refractivity contribution in [1.82, 2.24) is 0 Å². The summed E-state index contributed by atoms with van der Waals surface area (Å²) < 4.78 is 0. The van der Waals surface area contributed by atoms with Gasteiger partial charge >= 0.3 is 0 Å². The highest BCUT2D eigenvalue weighted by atomic mass is 31.1. The van der Waals surface area contributed by atoms with Crippen molar-refractivity contribution in [3.8, 4) is 5.75 Å². The number of aliphatic imine (C=N–C) groups is 1. The van der Waals surface area contributed by atoms with Gasteiger partial charge in [0.05, 0.1) is 5.54 Å². The lowest BCUT2D eigenvalue weighted by atomic mass is 10.1. The van der Waals surface area contributed by atoms with Crippen LogP contribution in [0.25, 0.3) is 0 Å². The number of phenolic OH excluding ortho intramolecular Hbond substituents is 1. The molecule has 0 aliphatic carbocycles. The van der Waals surface area contributed by atoms with E-state index in [1.807, 2.05) is 19.2 Å². The molecule has 2 nitrogen and oxygen atoms in total. The molecule has 0 aliphatic rings. The molecule has 1 N–H and O–H groups in total.